The molecular weight excluding hydrogens is 290 g/mol. The number of nitrogens with one attached hydrogen (secondary N) is 2. The Bertz CT molecular complexity index is 627. The zero-order chi connectivity index (χ0) is 15.5. The summed E-state index contributed by atoms with van der Waals surface area (Å²) in [6.07, 6.45) is 1.55. The number of methoxy groups -OCH3 is 1. The second-order valence-electron chi connectivity index (χ2n) is 5.51. The van der Waals surface area contributed by atoms with Crippen molar-refractivity contribution < 1.29 is 4.74 Å². The fourth-order valence-corrected chi connectivity index (χ4v) is 1.90. The molecule has 0 saturated carbocycles. The quantitative estimate of drug-likeness (QED) is 0.901. The lowest BCUT2D eigenvalue weighted by Crippen LogP contribution is -2.27. The average Bonchev–Trinajstić information content (AvgIpc) is 2.37. The molecule has 7 heteroatoms. The Labute approximate surface area is 128 Å². The molecule has 0 radical (unpaired) electrons. The van der Waals surface area contributed by atoms with Gasteiger partial charge in [-0.3, -0.25) is 0 Å². The highest BCUT2D eigenvalue weighted by molar-refractivity contribution is 6.32. The summed E-state index contributed by atoms with van der Waals surface area (Å²) in [4.78, 5) is 4.36. The molecule has 0 aliphatic carbocycles. The molecule has 0 amide bonds. The van der Waals surface area contributed by atoms with E-state index in [1.165, 1.54) is 0 Å². The van der Waals surface area contributed by atoms with E-state index in [2.05, 4.69) is 25.8 Å². The SMILES string of the molecule is COc1ccc(Nc2cnnc(NC(C)(C)C)n2)cc1Cl. The Morgan fingerprint density at radius 2 is 2.00 bits per heavy atom. The summed E-state index contributed by atoms with van der Waals surface area (Å²) in [5.74, 6) is 1.67. The molecule has 21 heavy (non-hydrogen) atoms. The third-order valence-corrected chi connectivity index (χ3v) is 2.77. The van der Waals surface area contributed by atoms with Gasteiger partial charge in [-0.05, 0) is 39.0 Å². The molecule has 2 aromatic rings. The first-order valence-corrected chi connectivity index (χ1v) is 6.84. The highest BCUT2D eigenvalue weighted by Crippen LogP contribution is 2.28. The summed E-state index contributed by atoms with van der Waals surface area (Å²) in [6.45, 7) is 6.08. The van der Waals surface area contributed by atoms with Crippen LogP contribution >= 0.6 is 11.6 Å². The third-order valence-electron chi connectivity index (χ3n) is 2.47. The molecule has 0 aliphatic rings. The molecule has 1 aromatic heterocycles. The van der Waals surface area contributed by atoms with Crippen LogP contribution in [0.1, 0.15) is 20.8 Å². The van der Waals surface area contributed by atoms with Gasteiger partial charge in [0.1, 0.15) is 5.75 Å². The minimum Gasteiger partial charge on any atom is -0.495 e. The molecule has 0 atom stereocenters. The van der Waals surface area contributed by atoms with Crippen molar-refractivity contribution in [2.75, 3.05) is 17.7 Å². The van der Waals surface area contributed by atoms with Crippen LogP contribution in [-0.4, -0.2) is 27.8 Å². The zero-order valence-corrected chi connectivity index (χ0v) is 13.2. The van der Waals surface area contributed by atoms with Crippen LogP contribution < -0.4 is 15.4 Å². The first-order valence-electron chi connectivity index (χ1n) is 6.46. The monoisotopic (exact) mass is 307 g/mol. The first kappa shape index (κ1) is 15.3. The average molecular weight is 308 g/mol. The molecule has 0 spiro atoms. The Morgan fingerprint density at radius 1 is 1.24 bits per heavy atom. The summed E-state index contributed by atoms with van der Waals surface area (Å²) < 4.78 is 5.12. The molecule has 2 rings (SSSR count). The minimum atomic E-state index is -0.135. The van der Waals surface area contributed by atoms with Gasteiger partial charge in [0.15, 0.2) is 5.82 Å². The van der Waals surface area contributed by atoms with Crippen LogP contribution in [0.25, 0.3) is 0 Å². The molecule has 0 bridgehead atoms. The van der Waals surface area contributed by atoms with E-state index in [9.17, 15) is 0 Å². The highest BCUT2D eigenvalue weighted by Gasteiger charge is 2.12. The third kappa shape index (κ3) is 4.46. The summed E-state index contributed by atoms with van der Waals surface area (Å²) >= 11 is 6.09. The van der Waals surface area contributed by atoms with E-state index in [1.807, 2.05) is 26.8 Å². The van der Waals surface area contributed by atoms with Crippen molar-refractivity contribution in [1.29, 1.82) is 0 Å². The molecule has 0 fully saturated rings. The smallest absolute Gasteiger partial charge is 0.245 e. The molecule has 0 aliphatic heterocycles. The fourth-order valence-electron chi connectivity index (χ4n) is 1.64. The maximum Gasteiger partial charge on any atom is 0.245 e. The van der Waals surface area contributed by atoms with Crippen molar-refractivity contribution >= 4 is 29.1 Å². The van der Waals surface area contributed by atoms with Crippen LogP contribution in [0.15, 0.2) is 24.4 Å². The van der Waals surface area contributed by atoms with Gasteiger partial charge in [0.05, 0.1) is 18.3 Å². The first-order chi connectivity index (χ1) is 9.87. The van der Waals surface area contributed by atoms with E-state index in [1.54, 1.807) is 25.4 Å². The van der Waals surface area contributed by atoms with Gasteiger partial charge in [-0.1, -0.05) is 11.6 Å². The van der Waals surface area contributed by atoms with Crippen LogP contribution in [0.5, 0.6) is 5.75 Å². The van der Waals surface area contributed by atoms with Gasteiger partial charge in [-0.15, -0.1) is 5.10 Å². The van der Waals surface area contributed by atoms with Crippen LogP contribution in [-0.2, 0) is 0 Å². The van der Waals surface area contributed by atoms with Crippen molar-refractivity contribution in [3.05, 3.63) is 29.4 Å². The minimum absolute atomic E-state index is 0.135. The number of halogens is 1. The zero-order valence-electron chi connectivity index (χ0n) is 12.4. The van der Waals surface area contributed by atoms with Crippen LogP contribution in [0.4, 0.5) is 17.5 Å². The normalized spacial score (nSPS) is 11.1. The lowest BCUT2D eigenvalue weighted by atomic mass is 10.1. The van der Waals surface area contributed by atoms with Gasteiger partial charge in [0.25, 0.3) is 0 Å². The van der Waals surface area contributed by atoms with Gasteiger partial charge in [0, 0.05) is 11.2 Å². The molecule has 2 N–H and O–H groups in total. The molecule has 1 heterocycles. The Balaban J connectivity index is 2.16. The van der Waals surface area contributed by atoms with Gasteiger partial charge >= 0.3 is 0 Å². The van der Waals surface area contributed by atoms with E-state index < -0.39 is 0 Å². The number of ether oxygens (including phenoxy) is 1. The number of rotatable bonds is 4. The predicted molar refractivity (Wildman–Crippen MR) is 84.5 cm³/mol. The lowest BCUT2D eigenvalue weighted by Gasteiger charge is -2.20. The van der Waals surface area contributed by atoms with E-state index in [0.717, 1.165) is 5.69 Å². The maximum atomic E-state index is 6.09. The number of hydrogen-bond acceptors (Lipinski definition) is 6. The van der Waals surface area contributed by atoms with Crippen molar-refractivity contribution in [3.8, 4) is 5.75 Å². The van der Waals surface area contributed by atoms with Gasteiger partial charge in [0.2, 0.25) is 5.95 Å². The number of nitrogens with zero attached hydrogens (tertiary/aromatic N) is 3. The molecule has 0 unspecified atom stereocenters. The fraction of sp³-hybridized carbons (Fsp3) is 0.357. The highest BCUT2D eigenvalue weighted by atomic mass is 35.5. The number of benzene rings is 1. The van der Waals surface area contributed by atoms with E-state index in [0.29, 0.717) is 22.5 Å². The van der Waals surface area contributed by atoms with Gasteiger partial charge in [-0.25, -0.2) is 0 Å². The van der Waals surface area contributed by atoms with E-state index >= 15 is 0 Å². The van der Waals surface area contributed by atoms with E-state index in [4.69, 9.17) is 16.3 Å². The van der Waals surface area contributed by atoms with E-state index in [-0.39, 0.29) is 5.54 Å². The van der Waals surface area contributed by atoms with Gasteiger partial charge in [-0.2, -0.15) is 10.1 Å². The lowest BCUT2D eigenvalue weighted by molar-refractivity contribution is 0.415. The van der Waals surface area contributed by atoms with Gasteiger partial charge < -0.3 is 15.4 Å². The largest absolute Gasteiger partial charge is 0.495 e. The number of anilines is 3. The van der Waals surface area contributed by atoms with Crippen molar-refractivity contribution in [2.24, 2.45) is 0 Å². The molecular formula is C14H18ClN5O. The summed E-state index contributed by atoms with van der Waals surface area (Å²) in [7, 11) is 1.58. The standard InChI is InChI=1S/C14H18ClN5O/c1-14(2,3)19-13-18-12(8-16-20-13)17-9-5-6-11(21-4)10(15)7-9/h5-8H,1-4H3,(H2,17,18,19,20). The predicted octanol–water partition coefficient (Wildman–Crippen LogP) is 3.49. The second kappa shape index (κ2) is 6.13. The Morgan fingerprint density at radius 3 is 2.62 bits per heavy atom. The van der Waals surface area contributed by atoms with Crippen molar-refractivity contribution in [1.82, 2.24) is 15.2 Å². The topological polar surface area (TPSA) is 72.0 Å². The summed E-state index contributed by atoms with van der Waals surface area (Å²) in [6, 6.07) is 5.40. The summed E-state index contributed by atoms with van der Waals surface area (Å²) in [5, 5.41) is 14.7. The maximum absolute atomic E-state index is 6.09. The number of hydrogen-bond donors (Lipinski definition) is 2. The molecule has 112 valence electrons. The molecule has 0 saturated heterocycles. The van der Waals surface area contributed by atoms with Crippen molar-refractivity contribution in [3.63, 3.8) is 0 Å². The van der Waals surface area contributed by atoms with Crippen LogP contribution in [0.3, 0.4) is 0 Å². The Hall–Kier alpha value is -2.08. The molecule has 1 aromatic carbocycles. The van der Waals surface area contributed by atoms with Crippen LogP contribution in [0.2, 0.25) is 5.02 Å². The van der Waals surface area contributed by atoms with Crippen molar-refractivity contribution in [2.45, 2.75) is 26.3 Å². The number of aromatic nitrogens is 3. The molecule has 6 nitrogen and oxygen atoms in total. The summed E-state index contributed by atoms with van der Waals surface area (Å²) in [5.41, 5.74) is 0.659. The Kier molecular flexibility index (Phi) is 4.47. The second-order valence-corrected chi connectivity index (χ2v) is 5.92. The van der Waals surface area contributed by atoms with Crippen LogP contribution in [0, 0.1) is 0 Å².